The number of ketones is 1. The van der Waals surface area contributed by atoms with Gasteiger partial charge in [-0.05, 0) is 29.8 Å². The molecule has 2 aliphatic rings. The smallest absolute Gasteiger partial charge is 0.202 e. The molecule has 5 N–H and O–H groups in total. The zero-order valence-corrected chi connectivity index (χ0v) is 17.9. The molecule has 0 fully saturated rings. The fraction of sp³-hybridized carbons (Fsp3) is 0.240. The van der Waals surface area contributed by atoms with E-state index in [2.05, 4.69) is 0 Å². The van der Waals surface area contributed by atoms with Crippen LogP contribution in [0.15, 0.2) is 48.5 Å². The van der Waals surface area contributed by atoms with Gasteiger partial charge in [-0.3, -0.25) is 4.79 Å². The fourth-order valence-corrected chi connectivity index (χ4v) is 4.20. The maximum atomic E-state index is 12.8. The Bertz CT molecular complexity index is 1410. The first-order valence-electron chi connectivity index (χ1n) is 12.0. The van der Waals surface area contributed by atoms with E-state index in [-0.39, 0.29) is 34.3 Å². The van der Waals surface area contributed by atoms with Crippen molar-refractivity contribution in [1.82, 2.24) is 0 Å². The van der Waals surface area contributed by atoms with Crippen LogP contribution < -0.4 is 18.9 Å². The second kappa shape index (κ2) is 8.57. The number of phenols is 3. The summed E-state index contributed by atoms with van der Waals surface area (Å²) in [5.41, 5.74) is 0.388. The zero-order chi connectivity index (χ0) is 27.4. The number of benzene rings is 3. The minimum Gasteiger partial charge on any atom is -0.508 e. The lowest BCUT2D eigenvalue weighted by Crippen LogP contribution is -2.37. The summed E-state index contributed by atoms with van der Waals surface area (Å²) in [6.45, 7) is -0.467. The van der Waals surface area contributed by atoms with E-state index in [4.69, 9.17) is 23.1 Å². The second-order valence-corrected chi connectivity index (χ2v) is 8.10. The molecular formula is C25H22O10. The maximum absolute atomic E-state index is 12.8. The van der Waals surface area contributed by atoms with Gasteiger partial charge in [0.25, 0.3) is 0 Å². The number of carbonyl (C=O) groups is 1. The fourth-order valence-electron chi connectivity index (χ4n) is 4.20. The van der Waals surface area contributed by atoms with Gasteiger partial charge in [-0.25, -0.2) is 0 Å². The number of hydrogen-bond acceptors (Lipinski definition) is 10. The van der Waals surface area contributed by atoms with E-state index in [0.29, 0.717) is 11.1 Å². The van der Waals surface area contributed by atoms with Crippen LogP contribution >= 0.6 is 0 Å². The molecule has 2 unspecified atom stereocenters. The molecule has 10 heteroatoms. The Kier molecular flexibility index (Phi) is 4.70. The number of fused-ring (bicyclic) bond motifs is 2. The molecule has 0 aromatic heterocycles. The number of ether oxygens (including phenoxy) is 4. The van der Waals surface area contributed by atoms with Crippen LogP contribution in [0.2, 0.25) is 0 Å². The molecule has 10 nitrogen and oxygen atoms in total. The number of phenolic OH excluding ortho intramolecular Hbond substituents is 3. The zero-order valence-electron chi connectivity index (χ0n) is 20.9. The van der Waals surface area contributed by atoms with E-state index in [0.717, 1.165) is 12.1 Å². The minimum atomic E-state index is -2.82. The Labute approximate surface area is 203 Å². The lowest BCUT2D eigenvalue weighted by molar-refractivity contribution is -0.0130. The van der Waals surface area contributed by atoms with Crippen LogP contribution in [0.5, 0.6) is 40.2 Å². The van der Waals surface area contributed by atoms with Crippen LogP contribution in [0.1, 0.15) is 37.8 Å². The Morgan fingerprint density at radius 3 is 2.40 bits per heavy atom. The number of aliphatic hydroxyl groups excluding tert-OH is 2. The van der Waals surface area contributed by atoms with Crippen molar-refractivity contribution in [3.8, 4) is 40.2 Å². The highest BCUT2D eigenvalue weighted by Crippen LogP contribution is 2.45. The third kappa shape index (κ3) is 3.82. The standard InChI is InChI=1S/C25H22O10/c1-32-17-6-11(2-4-14(17)28)24-20(10-26)33-16-5-3-12(7-18(16)34-24)25-23(31)22(30)21-15(29)8-13(27)9-19(21)35-25/h2-9,20,23-29,31H,10H2,1H3/t20?,23-,24?,25+/m0/s1/i1D3. The quantitative estimate of drug-likeness (QED) is 0.372. The van der Waals surface area contributed by atoms with Crippen LogP contribution in [0.4, 0.5) is 0 Å². The summed E-state index contributed by atoms with van der Waals surface area (Å²) in [7, 11) is -2.82. The van der Waals surface area contributed by atoms with Gasteiger partial charge in [0.15, 0.2) is 47.4 Å². The van der Waals surface area contributed by atoms with E-state index in [1.807, 2.05) is 0 Å². The molecular weight excluding hydrogens is 460 g/mol. The molecule has 3 aromatic carbocycles. The number of aliphatic hydroxyl groups is 2. The van der Waals surface area contributed by atoms with Crippen molar-refractivity contribution in [2.75, 3.05) is 13.6 Å². The number of rotatable bonds is 4. The van der Waals surface area contributed by atoms with Gasteiger partial charge in [0.1, 0.15) is 22.8 Å². The molecule has 2 heterocycles. The Morgan fingerprint density at radius 2 is 1.63 bits per heavy atom. The minimum absolute atomic E-state index is 0.109. The number of carbonyl (C=O) groups excluding carboxylic acids is 1. The van der Waals surface area contributed by atoms with Gasteiger partial charge < -0.3 is 44.5 Å². The van der Waals surface area contributed by atoms with E-state index >= 15 is 0 Å². The molecule has 3 aromatic rings. The summed E-state index contributed by atoms with van der Waals surface area (Å²) in [5, 5.41) is 50.4. The largest absolute Gasteiger partial charge is 0.508 e. The molecule has 2 aliphatic heterocycles. The highest BCUT2D eigenvalue weighted by molar-refractivity contribution is 6.05. The highest BCUT2D eigenvalue weighted by atomic mass is 16.6. The first-order valence-corrected chi connectivity index (χ1v) is 10.5. The second-order valence-electron chi connectivity index (χ2n) is 8.10. The summed E-state index contributed by atoms with van der Waals surface area (Å²) in [6, 6.07) is 10.5. The topological polar surface area (TPSA) is 155 Å². The van der Waals surface area contributed by atoms with Gasteiger partial charge in [0.2, 0.25) is 5.78 Å². The summed E-state index contributed by atoms with van der Waals surface area (Å²) in [6.07, 6.45) is -4.77. The predicted molar refractivity (Wildman–Crippen MR) is 119 cm³/mol. The van der Waals surface area contributed by atoms with Crippen LogP contribution in [0.25, 0.3) is 0 Å². The van der Waals surface area contributed by atoms with E-state index in [1.54, 1.807) is 0 Å². The molecule has 0 saturated heterocycles. The van der Waals surface area contributed by atoms with Crippen LogP contribution in [-0.4, -0.2) is 57.2 Å². The Balaban J connectivity index is 1.48. The van der Waals surface area contributed by atoms with Crippen molar-refractivity contribution in [3.63, 3.8) is 0 Å². The van der Waals surface area contributed by atoms with Crippen molar-refractivity contribution in [2.45, 2.75) is 24.4 Å². The molecule has 5 rings (SSSR count). The highest BCUT2D eigenvalue weighted by Gasteiger charge is 2.40. The molecule has 4 atom stereocenters. The van der Waals surface area contributed by atoms with Crippen LogP contribution in [-0.2, 0) is 0 Å². The van der Waals surface area contributed by atoms with Crippen LogP contribution in [0.3, 0.4) is 0 Å². The van der Waals surface area contributed by atoms with Gasteiger partial charge in [-0.15, -0.1) is 0 Å². The summed E-state index contributed by atoms with van der Waals surface area (Å²) in [5.74, 6) is -2.08. The van der Waals surface area contributed by atoms with Gasteiger partial charge in [-0.1, -0.05) is 12.1 Å². The van der Waals surface area contributed by atoms with Gasteiger partial charge >= 0.3 is 0 Å². The molecule has 0 amide bonds. The van der Waals surface area contributed by atoms with Crippen LogP contribution in [0, 0.1) is 0 Å². The molecule has 0 spiro atoms. The summed E-state index contributed by atoms with van der Waals surface area (Å²) >= 11 is 0. The number of methoxy groups -OCH3 is 1. The van der Waals surface area contributed by atoms with Crippen molar-refractivity contribution >= 4 is 5.78 Å². The first kappa shape index (κ1) is 19.2. The molecule has 0 aliphatic carbocycles. The molecule has 0 saturated carbocycles. The van der Waals surface area contributed by atoms with Gasteiger partial charge in [0.05, 0.1) is 17.8 Å². The molecule has 0 bridgehead atoms. The number of Topliss-reactive ketones (excluding diaryl/α,β-unsaturated/α-hetero) is 1. The lowest BCUT2D eigenvalue weighted by Gasteiger charge is -2.35. The monoisotopic (exact) mass is 485 g/mol. The average molecular weight is 485 g/mol. The first-order chi connectivity index (χ1) is 17.9. The van der Waals surface area contributed by atoms with Gasteiger partial charge in [0, 0.05) is 17.7 Å². The molecule has 0 radical (unpaired) electrons. The van der Waals surface area contributed by atoms with Crippen molar-refractivity contribution in [2.24, 2.45) is 0 Å². The van der Waals surface area contributed by atoms with E-state index in [1.165, 1.54) is 36.4 Å². The SMILES string of the molecule is [2H]C([2H])([2H])Oc1cc(C2Oc3cc([C@H]4Oc5cc(O)cc(O)c5C(=O)[C@@H]4O)ccc3OC2CO)ccc1O. The van der Waals surface area contributed by atoms with Crippen molar-refractivity contribution < 1.29 is 53.4 Å². The lowest BCUT2D eigenvalue weighted by atomic mass is 9.92. The summed E-state index contributed by atoms with van der Waals surface area (Å²) < 4.78 is 44.4. The third-order valence-electron chi connectivity index (χ3n) is 5.89. The van der Waals surface area contributed by atoms with Crippen molar-refractivity contribution in [3.05, 3.63) is 65.2 Å². The van der Waals surface area contributed by atoms with E-state index < -0.39 is 55.3 Å². The summed E-state index contributed by atoms with van der Waals surface area (Å²) in [4.78, 5) is 12.8. The normalized spacial score (nSPS) is 24.4. The maximum Gasteiger partial charge on any atom is 0.202 e. The number of hydrogen-bond donors (Lipinski definition) is 5. The van der Waals surface area contributed by atoms with Crippen molar-refractivity contribution in [1.29, 1.82) is 0 Å². The Hall–Kier alpha value is -4.15. The average Bonchev–Trinajstić information content (AvgIpc) is 2.85. The predicted octanol–water partition coefficient (Wildman–Crippen LogP) is 2.36. The molecule has 35 heavy (non-hydrogen) atoms. The molecule has 182 valence electrons. The number of aromatic hydroxyl groups is 3. The third-order valence-corrected chi connectivity index (χ3v) is 5.89. The Morgan fingerprint density at radius 1 is 0.886 bits per heavy atom. The van der Waals surface area contributed by atoms with Gasteiger partial charge in [-0.2, -0.15) is 0 Å². The van der Waals surface area contributed by atoms with E-state index in [9.17, 15) is 30.3 Å².